The van der Waals surface area contributed by atoms with E-state index in [1.165, 1.54) is 10.7 Å². The third-order valence-electron chi connectivity index (χ3n) is 4.15. The second kappa shape index (κ2) is 7.90. The third kappa shape index (κ3) is 4.25. The standard InChI is InChI=1S/C20H21N3O4/c1-13-12-17(14(2)27-13)20(25)21-10-11-23-19(24)9-8-18(22-23)15-4-6-16(26-3)7-5-15/h4-9,12H,10-11H2,1-3H3,(H,21,25). The number of carbonyl (C=O) groups excluding carboxylic acids is 1. The largest absolute Gasteiger partial charge is 0.497 e. The second-order valence-corrected chi connectivity index (χ2v) is 6.09. The van der Waals surface area contributed by atoms with E-state index in [1.54, 1.807) is 33.1 Å². The highest BCUT2D eigenvalue weighted by molar-refractivity contribution is 5.95. The summed E-state index contributed by atoms with van der Waals surface area (Å²) in [6.07, 6.45) is 0. The highest BCUT2D eigenvalue weighted by atomic mass is 16.5. The molecule has 2 heterocycles. The van der Waals surface area contributed by atoms with Crippen molar-refractivity contribution in [1.29, 1.82) is 0 Å². The number of ether oxygens (including phenoxy) is 1. The lowest BCUT2D eigenvalue weighted by atomic mass is 10.1. The fraction of sp³-hybridized carbons (Fsp3) is 0.250. The Morgan fingerprint density at radius 1 is 1.19 bits per heavy atom. The maximum atomic E-state index is 12.2. The summed E-state index contributed by atoms with van der Waals surface area (Å²) < 4.78 is 11.9. The number of hydrogen-bond acceptors (Lipinski definition) is 5. The average Bonchev–Trinajstić information content (AvgIpc) is 3.01. The fourth-order valence-corrected chi connectivity index (χ4v) is 2.75. The molecular formula is C20H21N3O4. The van der Waals surface area contributed by atoms with Crippen molar-refractivity contribution in [2.24, 2.45) is 0 Å². The van der Waals surface area contributed by atoms with E-state index in [2.05, 4.69) is 10.4 Å². The van der Waals surface area contributed by atoms with Gasteiger partial charge in [-0.05, 0) is 50.2 Å². The number of benzene rings is 1. The van der Waals surface area contributed by atoms with Crippen LogP contribution in [0.3, 0.4) is 0 Å². The molecule has 7 nitrogen and oxygen atoms in total. The quantitative estimate of drug-likeness (QED) is 0.724. The minimum Gasteiger partial charge on any atom is -0.497 e. The number of rotatable bonds is 6. The minimum atomic E-state index is -0.233. The van der Waals surface area contributed by atoms with Gasteiger partial charge in [-0.2, -0.15) is 5.10 Å². The van der Waals surface area contributed by atoms with Gasteiger partial charge >= 0.3 is 0 Å². The molecule has 7 heteroatoms. The van der Waals surface area contributed by atoms with Gasteiger partial charge in [0.1, 0.15) is 17.3 Å². The highest BCUT2D eigenvalue weighted by Gasteiger charge is 2.13. The topological polar surface area (TPSA) is 86.4 Å². The molecule has 3 aromatic rings. The SMILES string of the molecule is COc1ccc(-c2ccc(=O)n(CCNC(=O)c3cc(C)oc3C)n2)cc1. The van der Waals surface area contributed by atoms with Gasteiger partial charge in [0.05, 0.1) is 24.9 Å². The van der Waals surface area contributed by atoms with Gasteiger partial charge in [0.2, 0.25) is 0 Å². The summed E-state index contributed by atoms with van der Waals surface area (Å²) >= 11 is 0. The number of nitrogens with zero attached hydrogens (tertiary/aromatic N) is 2. The van der Waals surface area contributed by atoms with Crippen LogP contribution in [0.1, 0.15) is 21.9 Å². The number of nitrogens with one attached hydrogen (secondary N) is 1. The van der Waals surface area contributed by atoms with Crippen LogP contribution in [0.15, 0.2) is 51.7 Å². The Morgan fingerprint density at radius 2 is 1.93 bits per heavy atom. The molecule has 2 aromatic heterocycles. The Bertz CT molecular complexity index is 1000. The molecule has 0 bridgehead atoms. The lowest BCUT2D eigenvalue weighted by Crippen LogP contribution is -2.32. The number of carbonyl (C=O) groups is 1. The lowest BCUT2D eigenvalue weighted by Gasteiger charge is -2.09. The van der Waals surface area contributed by atoms with Gasteiger partial charge in [-0.3, -0.25) is 9.59 Å². The molecule has 0 radical (unpaired) electrons. The van der Waals surface area contributed by atoms with Crippen molar-refractivity contribution >= 4 is 5.91 Å². The smallest absolute Gasteiger partial charge is 0.266 e. The monoisotopic (exact) mass is 367 g/mol. The molecule has 0 aliphatic carbocycles. The Labute approximate surface area is 156 Å². The molecule has 1 N–H and O–H groups in total. The molecule has 0 unspecified atom stereocenters. The van der Waals surface area contributed by atoms with Gasteiger partial charge in [-0.25, -0.2) is 4.68 Å². The van der Waals surface area contributed by atoms with Crippen molar-refractivity contribution in [3.8, 4) is 17.0 Å². The zero-order valence-corrected chi connectivity index (χ0v) is 15.5. The molecular weight excluding hydrogens is 346 g/mol. The van der Waals surface area contributed by atoms with Gasteiger partial charge in [-0.1, -0.05) is 0 Å². The van der Waals surface area contributed by atoms with E-state index in [1.807, 2.05) is 24.3 Å². The second-order valence-electron chi connectivity index (χ2n) is 6.09. The Balaban J connectivity index is 1.68. The van der Waals surface area contributed by atoms with Gasteiger partial charge in [-0.15, -0.1) is 0 Å². The first-order valence-electron chi connectivity index (χ1n) is 8.56. The van der Waals surface area contributed by atoms with Crippen molar-refractivity contribution in [3.63, 3.8) is 0 Å². The van der Waals surface area contributed by atoms with E-state index in [-0.39, 0.29) is 24.6 Å². The first-order chi connectivity index (χ1) is 13.0. The summed E-state index contributed by atoms with van der Waals surface area (Å²) in [5.74, 6) is 1.77. The Kier molecular flexibility index (Phi) is 5.40. The molecule has 0 aliphatic heterocycles. The first-order valence-corrected chi connectivity index (χ1v) is 8.56. The van der Waals surface area contributed by atoms with Crippen molar-refractivity contribution in [2.45, 2.75) is 20.4 Å². The van der Waals surface area contributed by atoms with Crippen LogP contribution in [0.5, 0.6) is 5.75 Å². The average molecular weight is 367 g/mol. The first kappa shape index (κ1) is 18.4. The van der Waals surface area contributed by atoms with Crippen molar-refractivity contribution in [2.75, 3.05) is 13.7 Å². The zero-order valence-electron chi connectivity index (χ0n) is 15.5. The molecule has 1 amide bonds. The number of furan rings is 1. The summed E-state index contributed by atoms with van der Waals surface area (Å²) in [6.45, 7) is 4.08. The van der Waals surface area contributed by atoms with Crippen LogP contribution in [0, 0.1) is 13.8 Å². The molecule has 0 fully saturated rings. The molecule has 0 atom stereocenters. The minimum absolute atomic E-state index is 0.225. The van der Waals surface area contributed by atoms with Crippen LogP contribution in [-0.4, -0.2) is 29.3 Å². The van der Waals surface area contributed by atoms with E-state index in [9.17, 15) is 9.59 Å². The van der Waals surface area contributed by atoms with Crippen LogP contribution < -0.4 is 15.6 Å². The molecule has 0 saturated carbocycles. The van der Waals surface area contributed by atoms with Gasteiger partial charge < -0.3 is 14.5 Å². The van der Waals surface area contributed by atoms with Crippen LogP contribution in [0.2, 0.25) is 0 Å². The number of aromatic nitrogens is 2. The highest BCUT2D eigenvalue weighted by Crippen LogP contribution is 2.19. The summed E-state index contributed by atoms with van der Waals surface area (Å²) in [5.41, 5.74) is 1.82. The van der Waals surface area contributed by atoms with E-state index in [0.29, 0.717) is 22.8 Å². The van der Waals surface area contributed by atoms with E-state index >= 15 is 0 Å². The molecule has 0 aliphatic rings. The van der Waals surface area contributed by atoms with Crippen LogP contribution in [0.25, 0.3) is 11.3 Å². The maximum absolute atomic E-state index is 12.2. The van der Waals surface area contributed by atoms with Gasteiger partial charge in [0.25, 0.3) is 11.5 Å². The van der Waals surface area contributed by atoms with E-state index in [0.717, 1.165) is 11.3 Å². The van der Waals surface area contributed by atoms with E-state index < -0.39 is 0 Å². The molecule has 140 valence electrons. The summed E-state index contributed by atoms with van der Waals surface area (Å²) in [6, 6.07) is 12.3. The molecule has 0 spiro atoms. The van der Waals surface area contributed by atoms with Crippen LogP contribution >= 0.6 is 0 Å². The third-order valence-corrected chi connectivity index (χ3v) is 4.15. The molecule has 1 aromatic carbocycles. The Hall–Kier alpha value is -3.35. The maximum Gasteiger partial charge on any atom is 0.266 e. The number of amides is 1. The van der Waals surface area contributed by atoms with Crippen molar-refractivity contribution in [3.05, 3.63) is 69.9 Å². The predicted molar refractivity (Wildman–Crippen MR) is 101 cm³/mol. The Morgan fingerprint density at radius 3 is 2.56 bits per heavy atom. The van der Waals surface area contributed by atoms with Crippen molar-refractivity contribution < 1.29 is 13.9 Å². The van der Waals surface area contributed by atoms with Crippen LogP contribution in [0.4, 0.5) is 0 Å². The summed E-state index contributed by atoms with van der Waals surface area (Å²) in [7, 11) is 1.61. The number of aryl methyl sites for hydroxylation is 2. The zero-order chi connectivity index (χ0) is 19.4. The normalized spacial score (nSPS) is 10.6. The van der Waals surface area contributed by atoms with E-state index in [4.69, 9.17) is 9.15 Å². The number of hydrogen-bond donors (Lipinski definition) is 1. The lowest BCUT2D eigenvalue weighted by molar-refractivity contribution is 0.0950. The molecule has 27 heavy (non-hydrogen) atoms. The van der Waals surface area contributed by atoms with Crippen LogP contribution in [-0.2, 0) is 6.54 Å². The molecule has 0 saturated heterocycles. The summed E-state index contributed by atoms with van der Waals surface area (Å²) in [5, 5.41) is 7.17. The van der Waals surface area contributed by atoms with Gasteiger partial charge in [0, 0.05) is 18.2 Å². The van der Waals surface area contributed by atoms with Gasteiger partial charge in [0.15, 0.2) is 0 Å². The number of methoxy groups -OCH3 is 1. The van der Waals surface area contributed by atoms with Crippen molar-refractivity contribution in [1.82, 2.24) is 15.1 Å². The molecule has 3 rings (SSSR count). The predicted octanol–water partition coefficient (Wildman–Crippen LogP) is 2.56. The fourth-order valence-electron chi connectivity index (χ4n) is 2.75. The summed E-state index contributed by atoms with van der Waals surface area (Å²) in [4.78, 5) is 24.3.